The summed E-state index contributed by atoms with van der Waals surface area (Å²) in [7, 11) is 0. The van der Waals surface area contributed by atoms with Crippen LogP contribution in [0.2, 0.25) is 0 Å². The van der Waals surface area contributed by atoms with Gasteiger partial charge >= 0.3 is 5.97 Å². The van der Waals surface area contributed by atoms with Crippen molar-refractivity contribution in [2.45, 2.75) is 51.9 Å². The molecule has 0 aromatic carbocycles. The Morgan fingerprint density at radius 3 is 2.76 bits per heavy atom. The predicted octanol–water partition coefficient (Wildman–Crippen LogP) is 2.17. The van der Waals surface area contributed by atoms with Gasteiger partial charge in [0.05, 0.1) is 6.42 Å². The molecule has 0 bridgehead atoms. The van der Waals surface area contributed by atoms with E-state index in [2.05, 4.69) is 15.3 Å². The van der Waals surface area contributed by atoms with E-state index in [0.717, 1.165) is 25.7 Å². The maximum Gasteiger partial charge on any atom is 0.303 e. The van der Waals surface area contributed by atoms with Crippen LogP contribution in [0.1, 0.15) is 51.3 Å². The van der Waals surface area contributed by atoms with Gasteiger partial charge in [-0.1, -0.05) is 26.2 Å². The van der Waals surface area contributed by atoms with Crippen LogP contribution in [0.4, 0.5) is 5.82 Å². The molecular formula is C15H23N3O3. The Labute approximate surface area is 124 Å². The van der Waals surface area contributed by atoms with E-state index < -0.39 is 5.97 Å². The third kappa shape index (κ3) is 4.31. The molecule has 1 aliphatic rings. The van der Waals surface area contributed by atoms with Gasteiger partial charge in [-0.2, -0.15) is 0 Å². The van der Waals surface area contributed by atoms with Crippen molar-refractivity contribution in [2.75, 3.05) is 11.9 Å². The number of hydrogen-bond acceptors (Lipinski definition) is 4. The Morgan fingerprint density at radius 1 is 1.43 bits per heavy atom. The molecule has 0 amide bonds. The van der Waals surface area contributed by atoms with E-state index >= 15 is 0 Å². The minimum atomic E-state index is -0.758. The van der Waals surface area contributed by atoms with Gasteiger partial charge in [-0.3, -0.25) is 9.59 Å². The maximum absolute atomic E-state index is 11.5. The van der Waals surface area contributed by atoms with Crippen molar-refractivity contribution in [1.29, 1.82) is 0 Å². The lowest BCUT2D eigenvalue weighted by Gasteiger charge is -2.36. The Balaban J connectivity index is 2.09. The molecule has 1 aliphatic carbocycles. The standard InChI is InChI=1S/C15H23N3O3/c1-2-11-17-12(8-13(19)18-11)16-10-15(9-14(20)21)6-4-3-5-7-15/h8H,2-7,9-10H2,1H3,(H,20,21)(H2,16,17,18,19). The second-order valence-corrected chi connectivity index (χ2v) is 5.92. The van der Waals surface area contributed by atoms with Crippen molar-refractivity contribution in [1.82, 2.24) is 9.97 Å². The Morgan fingerprint density at radius 2 is 2.14 bits per heavy atom. The Kier molecular flexibility index (Phi) is 4.98. The van der Waals surface area contributed by atoms with Crippen LogP contribution >= 0.6 is 0 Å². The molecule has 116 valence electrons. The van der Waals surface area contributed by atoms with Crippen LogP contribution in [0.5, 0.6) is 0 Å². The van der Waals surface area contributed by atoms with E-state index in [0.29, 0.717) is 24.6 Å². The number of rotatable bonds is 6. The first-order valence-electron chi connectivity index (χ1n) is 7.59. The predicted molar refractivity (Wildman–Crippen MR) is 80.5 cm³/mol. The summed E-state index contributed by atoms with van der Waals surface area (Å²) in [6.07, 6.45) is 5.96. The molecule has 21 heavy (non-hydrogen) atoms. The second-order valence-electron chi connectivity index (χ2n) is 5.92. The fraction of sp³-hybridized carbons (Fsp3) is 0.667. The molecule has 0 aliphatic heterocycles. The molecule has 0 atom stereocenters. The van der Waals surface area contributed by atoms with Crippen molar-refractivity contribution < 1.29 is 9.90 Å². The number of nitrogens with one attached hydrogen (secondary N) is 2. The van der Waals surface area contributed by atoms with E-state index in [-0.39, 0.29) is 17.4 Å². The highest BCUT2D eigenvalue weighted by molar-refractivity contribution is 5.67. The van der Waals surface area contributed by atoms with Crippen LogP contribution < -0.4 is 10.9 Å². The number of nitrogens with zero attached hydrogens (tertiary/aromatic N) is 1. The van der Waals surface area contributed by atoms with E-state index in [9.17, 15) is 9.59 Å². The Bertz CT molecular complexity index is 547. The number of aliphatic carboxylic acids is 1. The van der Waals surface area contributed by atoms with Crippen molar-refractivity contribution in [3.8, 4) is 0 Å². The third-order valence-corrected chi connectivity index (χ3v) is 4.21. The summed E-state index contributed by atoms with van der Waals surface area (Å²) in [5.74, 6) is 0.415. The van der Waals surface area contributed by atoms with Crippen LogP contribution in [0.15, 0.2) is 10.9 Å². The average Bonchev–Trinajstić information content (AvgIpc) is 2.45. The molecule has 0 radical (unpaired) electrons. The molecule has 1 heterocycles. The van der Waals surface area contributed by atoms with E-state index in [1.54, 1.807) is 0 Å². The van der Waals surface area contributed by atoms with Crippen LogP contribution in [-0.2, 0) is 11.2 Å². The van der Waals surface area contributed by atoms with Crippen molar-refractivity contribution in [2.24, 2.45) is 5.41 Å². The number of carbonyl (C=O) groups is 1. The molecule has 6 nitrogen and oxygen atoms in total. The van der Waals surface area contributed by atoms with Crippen LogP contribution in [0, 0.1) is 5.41 Å². The number of hydrogen-bond donors (Lipinski definition) is 3. The minimum absolute atomic E-state index is 0.170. The zero-order valence-corrected chi connectivity index (χ0v) is 12.4. The van der Waals surface area contributed by atoms with E-state index in [1.165, 1.54) is 12.5 Å². The number of carboxylic acids is 1. The number of H-pyrrole nitrogens is 1. The minimum Gasteiger partial charge on any atom is -0.481 e. The largest absolute Gasteiger partial charge is 0.481 e. The first-order chi connectivity index (χ1) is 10.0. The monoisotopic (exact) mass is 293 g/mol. The number of aromatic amines is 1. The van der Waals surface area contributed by atoms with Crippen molar-refractivity contribution >= 4 is 11.8 Å². The zero-order valence-electron chi connectivity index (χ0n) is 12.4. The van der Waals surface area contributed by atoms with Crippen LogP contribution in [0.25, 0.3) is 0 Å². The molecular weight excluding hydrogens is 270 g/mol. The molecule has 1 aromatic rings. The summed E-state index contributed by atoms with van der Waals surface area (Å²) in [6, 6.07) is 1.43. The highest BCUT2D eigenvalue weighted by Crippen LogP contribution is 2.39. The topological polar surface area (TPSA) is 95.1 Å². The fourth-order valence-electron chi connectivity index (χ4n) is 3.08. The molecule has 0 saturated heterocycles. The van der Waals surface area contributed by atoms with E-state index in [1.807, 2.05) is 6.92 Å². The van der Waals surface area contributed by atoms with Gasteiger partial charge in [-0.25, -0.2) is 4.98 Å². The third-order valence-electron chi connectivity index (χ3n) is 4.21. The number of carboxylic acid groups (broad SMARTS) is 1. The highest BCUT2D eigenvalue weighted by atomic mass is 16.4. The smallest absolute Gasteiger partial charge is 0.303 e. The number of aryl methyl sites for hydroxylation is 1. The first-order valence-corrected chi connectivity index (χ1v) is 7.59. The van der Waals surface area contributed by atoms with Gasteiger partial charge in [-0.05, 0) is 18.3 Å². The summed E-state index contributed by atoms with van der Waals surface area (Å²) >= 11 is 0. The molecule has 6 heteroatoms. The molecule has 1 aromatic heterocycles. The molecule has 0 unspecified atom stereocenters. The molecule has 1 fully saturated rings. The van der Waals surface area contributed by atoms with E-state index in [4.69, 9.17) is 5.11 Å². The Hall–Kier alpha value is -1.85. The second kappa shape index (κ2) is 6.74. The summed E-state index contributed by atoms with van der Waals surface area (Å²) in [5.41, 5.74) is -0.402. The number of anilines is 1. The molecule has 3 N–H and O–H groups in total. The lowest BCUT2D eigenvalue weighted by molar-refractivity contribution is -0.140. The maximum atomic E-state index is 11.5. The number of aromatic nitrogens is 2. The van der Waals surface area contributed by atoms with Crippen molar-refractivity contribution in [3.05, 3.63) is 22.2 Å². The lowest BCUT2D eigenvalue weighted by Crippen LogP contribution is -2.35. The van der Waals surface area contributed by atoms with Gasteiger partial charge in [0.1, 0.15) is 11.6 Å². The lowest BCUT2D eigenvalue weighted by atomic mass is 9.71. The zero-order chi connectivity index (χ0) is 15.3. The van der Waals surface area contributed by atoms with Crippen LogP contribution in [0.3, 0.4) is 0 Å². The van der Waals surface area contributed by atoms with Gasteiger partial charge in [0, 0.05) is 19.0 Å². The van der Waals surface area contributed by atoms with Crippen molar-refractivity contribution in [3.63, 3.8) is 0 Å². The van der Waals surface area contributed by atoms with Gasteiger partial charge in [0.2, 0.25) is 0 Å². The quantitative estimate of drug-likeness (QED) is 0.747. The van der Waals surface area contributed by atoms with Gasteiger partial charge in [0.25, 0.3) is 5.56 Å². The first kappa shape index (κ1) is 15.5. The van der Waals surface area contributed by atoms with Gasteiger partial charge in [-0.15, -0.1) is 0 Å². The summed E-state index contributed by atoms with van der Waals surface area (Å²) in [4.78, 5) is 29.7. The molecule has 0 spiro atoms. The van der Waals surface area contributed by atoms with Gasteiger partial charge < -0.3 is 15.4 Å². The summed E-state index contributed by atoms with van der Waals surface area (Å²) in [6.45, 7) is 2.48. The van der Waals surface area contributed by atoms with Crippen LogP contribution in [-0.4, -0.2) is 27.6 Å². The fourth-order valence-corrected chi connectivity index (χ4v) is 3.08. The normalized spacial score (nSPS) is 17.4. The average molecular weight is 293 g/mol. The van der Waals surface area contributed by atoms with Gasteiger partial charge in [0.15, 0.2) is 0 Å². The molecule has 1 saturated carbocycles. The molecule has 2 rings (SSSR count). The highest BCUT2D eigenvalue weighted by Gasteiger charge is 2.34. The SMILES string of the molecule is CCc1nc(NCC2(CC(=O)O)CCCCC2)cc(=O)[nH]1. The summed E-state index contributed by atoms with van der Waals surface area (Å²) in [5, 5.41) is 12.3. The summed E-state index contributed by atoms with van der Waals surface area (Å²) < 4.78 is 0.